The van der Waals surface area contributed by atoms with Crippen LogP contribution in [0.1, 0.15) is 15.9 Å². The summed E-state index contributed by atoms with van der Waals surface area (Å²) in [6.07, 6.45) is 4.50. The highest BCUT2D eigenvalue weighted by molar-refractivity contribution is 6.05. The van der Waals surface area contributed by atoms with E-state index in [1.165, 1.54) is 10.7 Å². The molecule has 6 nitrogen and oxygen atoms in total. The smallest absolute Gasteiger partial charge is 0.255 e. The van der Waals surface area contributed by atoms with Gasteiger partial charge in [-0.1, -0.05) is 6.58 Å². The number of halogens is 1. The molecule has 0 aliphatic carbocycles. The molecule has 7 heteroatoms. The molecule has 0 radical (unpaired) electrons. The van der Waals surface area contributed by atoms with Crippen molar-refractivity contribution in [1.29, 1.82) is 0 Å². The third-order valence-corrected chi connectivity index (χ3v) is 3.76. The average molecular weight is 364 g/mol. The van der Waals surface area contributed by atoms with Crippen LogP contribution in [0.3, 0.4) is 0 Å². The number of carbonyl (C=O) groups excluding carboxylic acids is 2. The average Bonchev–Trinajstić information content (AvgIpc) is 3.08. The van der Waals surface area contributed by atoms with Crippen LogP contribution in [0.2, 0.25) is 0 Å². The van der Waals surface area contributed by atoms with Gasteiger partial charge in [0.15, 0.2) is 5.82 Å². The molecule has 136 valence electrons. The lowest BCUT2D eigenvalue weighted by atomic mass is 10.2. The molecule has 0 fully saturated rings. The second kappa shape index (κ2) is 7.65. The first-order valence-corrected chi connectivity index (χ1v) is 8.12. The molecule has 0 saturated carbocycles. The van der Waals surface area contributed by atoms with Crippen molar-refractivity contribution in [3.63, 3.8) is 0 Å². The molecular weight excluding hydrogens is 347 g/mol. The van der Waals surface area contributed by atoms with E-state index in [9.17, 15) is 14.0 Å². The molecule has 2 N–H and O–H groups in total. The van der Waals surface area contributed by atoms with Crippen molar-refractivity contribution in [2.75, 3.05) is 10.6 Å². The van der Waals surface area contributed by atoms with Gasteiger partial charge in [0.25, 0.3) is 5.91 Å². The quantitative estimate of drug-likeness (QED) is 0.678. The third kappa shape index (κ3) is 4.27. The maximum Gasteiger partial charge on any atom is 0.255 e. The van der Waals surface area contributed by atoms with Gasteiger partial charge in [-0.05, 0) is 61.0 Å². The maximum atomic E-state index is 14.3. The van der Waals surface area contributed by atoms with Gasteiger partial charge in [-0.25, -0.2) is 9.07 Å². The van der Waals surface area contributed by atoms with Crippen molar-refractivity contribution in [3.8, 4) is 5.69 Å². The van der Waals surface area contributed by atoms with E-state index in [1.54, 1.807) is 48.8 Å². The van der Waals surface area contributed by atoms with Gasteiger partial charge in [0.1, 0.15) is 5.69 Å². The number of amides is 2. The Morgan fingerprint density at radius 1 is 1.11 bits per heavy atom. The molecule has 27 heavy (non-hydrogen) atoms. The van der Waals surface area contributed by atoms with Crippen molar-refractivity contribution >= 4 is 23.2 Å². The van der Waals surface area contributed by atoms with Crippen molar-refractivity contribution in [2.24, 2.45) is 0 Å². The Labute approximate surface area is 155 Å². The zero-order valence-electron chi connectivity index (χ0n) is 14.6. The second-order valence-electron chi connectivity index (χ2n) is 5.85. The molecule has 3 aromatic rings. The van der Waals surface area contributed by atoms with Crippen molar-refractivity contribution in [3.05, 3.63) is 84.5 Å². The van der Waals surface area contributed by atoms with Crippen LogP contribution in [0.25, 0.3) is 5.69 Å². The van der Waals surface area contributed by atoms with Gasteiger partial charge in [0.05, 0.1) is 6.20 Å². The van der Waals surface area contributed by atoms with Crippen LogP contribution in [-0.4, -0.2) is 21.6 Å². The number of hydrogen-bond donors (Lipinski definition) is 2. The molecule has 0 bridgehead atoms. The summed E-state index contributed by atoms with van der Waals surface area (Å²) in [5, 5.41) is 9.31. The lowest BCUT2D eigenvalue weighted by molar-refractivity contribution is -0.111. The van der Waals surface area contributed by atoms with E-state index in [2.05, 4.69) is 22.3 Å². The minimum Gasteiger partial charge on any atom is -0.323 e. The van der Waals surface area contributed by atoms with Crippen LogP contribution < -0.4 is 10.6 Å². The number of hydrogen-bond acceptors (Lipinski definition) is 3. The summed E-state index contributed by atoms with van der Waals surface area (Å²) in [6.45, 7) is 5.24. The highest BCUT2D eigenvalue weighted by Gasteiger charge is 2.10. The Bertz CT molecular complexity index is 1010. The number of rotatable bonds is 5. The van der Waals surface area contributed by atoms with Gasteiger partial charge in [0.2, 0.25) is 5.91 Å². The summed E-state index contributed by atoms with van der Waals surface area (Å²) in [5.41, 5.74) is 2.46. The van der Waals surface area contributed by atoms with Crippen molar-refractivity contribution in [1.82, 2.24) is 9.78 Å². The summed E-state index contributed by atoms with van der Waals surface area (Å²) in [7, 11) is 0. The molecule has 0 spiro atoms. The van der Waals surface area contributed by atoms with Crippen LogP contribution in [0, 0.1) is 12.7 Å². The van der Waals surface area contributed by atoms with Crippen LogP contribution in [0.15, 0.2) is 67.5 Å². The van der Waals surface area contributed by atoms with E-state index in [1.807, 2.05) is 6.92 Å². The second-order valence-corrected chi connectivity index (χ2v) is 5.85. The molecule has 1 aromatic heterocycles. The van der Waals surface area contributed by atoms with Gasteiger partial charge in [0, 0.05) is 23.1 Å². The zero-order chi connectivity index (χ0) is 19.4. The van der Waals surface area contributed by atoms with Crippen LogP contribution in [-0.2, 0) is 4.79 Å². The number of benzene rings is 2. The maximum absolute atomic E-state index is 14.3. The molecule has 0 atom stereocenters. The molecule has 0 unspecified atom stereocenters. The van der Waals surface area contributed by atoms with Crippen LogP contribution in [0.5, 0.6) is 0 Å². The Balaban J connectivity index is 1.71. The topological polar surface area (TPSA) is 76.0 Å². The first-order valence-electron chi connectivity index (χ1n) is 8.12. The molecule has 0 saturated heterocycles. The fourth-order valence-corrected chi connectivity index (χ4v) is 2.42. The Morgan fingerprint density at radius 2 is 1.81 bits per heavy atom. The minimum absolute atomic E-state index is 0.295. The molecule has 2 aromatic carbocycles. The number of carbonyl (C=O) groups is 2. The third-order valence-electron chi connectivity index (χ3n) is 3.76. The first-order chi connectivity index (χ1) is 13.0. The summed E-state index contributed by atoms with van der Waals surface area (Å²) >= 11 is 0. The summed E-state index contributed by atoms with van der Waals surface area (Å²) in [4.78, 5) is 23.6. The van der Waals surface area contributed by atoms with E-state index >= 15 is 0 Å². The number of nitrogens with one attached hydrogen (secondary N) is 2. The molecule has 1 heterocycles. The van der Waals surface area contributed by atoms with Gasteiger partial charge in [-0.2, -0.15) is 5.10 Å². The monoisotopic (exact) mass is 364 g/mol. The SMILES string of the molecule is C=CC(=O)Nc1ccc(C(=O)Nc2ccc(-n3cc(C)cn3)c(F)c2)cc1. The standard InChI is InChI=1S/C20H17FN4O2/c1-3-19(26)23-15-6-4-14(5-7-15)20(27)24-16-8-9-18(17(21)10-16)25-12-13(2)11-22-25/h3-12H,1H2,2H3,(H,23,26)(H,24,27). The fourth-order valence-electron chi connectivity index (χ4n) is 2.42. The highest BCUT2D eigenvalue weighted by Crippen LogP contribution is 2.19. The van der Waals surface area contributed by atoms with Gasteiger partial charge >= 0.3 is 0 Å². The molecule has 3 rings (SSSR count). The molecular formula is C20H17FN4O2. The van der Waals surface area contributed by atoms with Crippen LogP contribution in [0.4, 0.5) is 15.8 Å². The van der Waals surface area contributed by atoms with Crippen molar-refractivity contribution in [2.45, 2.75) is 6.92 Å². The number of aryl methyl sites for hydroxylation is 1. The number of aromatic nitrogens is 2. The summed E-state index contributed by atoms with van der Waals surface area (Å²) in [5.74, 6) is -1.23. The van der Waals surface area contributed by atoms with E-state index in [4.69, 9.17) is 0 Å². The Kier molecular flexibility index (Phi) is 5.12. The van der Waals surface area contributed by atoms with Crippen molar-refractivity contribution < 1.29 is 14.0 Å². The van der Waals surface area contributed by atoms with E-state index in [-0.39, 0.29) is 5.91 Å². The Hall–Kier alpha value is -3.74. The van der Waals surface area contributed by atoms with E-state index in [0.717, 1.165) is 11.6 Å². The Morgan fingerprint density at radius 3 is 2.41 bits per heavy atom. The van der Waals surface area contributed by atoms with Crippen LogP contribution >= 0.6 is 0 Å². The highest BCUT2D eigenvalue weighted by atomic mass is 19.1. The fraction of sp³-hybridized carbons (Fsp3) is 0.0500. The lowest BCUT2D eigenvalue weighted by Crippen LogP contribution is -2.13. The van der Waals surface area contributed by atoms with Gasteiger partial charge < -0.3 is 10.6 Å². The molecule has 2 amide bonds. The summed E-state index contributed by atoms with van der Waals surface area (Å²) in [6, 6.07) is 10.7. The number of anilines is 2. The van der Waals surface area contributed by atoms with E-state index < -0.39 is 11.7 Å². The molecule has 0 aliphatic heterocycles. The zero-order valence-corrected chi connectivity index (χ0v) is 14.6. The molecule has 0 aliphatic rings. The normalized spacial score (nSPS) is 10.3. The number of nitrogens with zero attached hydrogens (tertiary/aromatic N) is 2. The largest absolute Gasteiger partial charge is 0.323 e. The van der Waals surface area contributed by atoms with Gasteiger partial charge in [-0.3, -0.25) is 9.59 Å². The predicted octanol–water partition coefficient (Wildman–Crippen LogP) is 3.70. The van der Waals surface area contributed by atoms with Gasteiger partial charge in [-0.15, -0.1) is 0 Å². The van der Waals surface area contributed by atoms with E-state index in [0.29, 0.717) is 22.6 Å². The minimum atomic E-state index is -0.501. The first kappa shape index (κ1) is 18.1. The predicted molar refractivity (Wildman–Crippen MR) is 101 cm³/mol. The lowest BCUT2D eigenvalue weighted by Gasteiger charge is -2.09. The summed E-state index contributed by atoms with van der Waals surface area (Å²) < 4.78 is 15.8.